The number of benzene rings is 2. The third kappa shape index (κ3) is 4.88. The minimum atomic E-state index is -0.0189. The first-order valence-corrected chi connectivity index (χ1v) is 8.27. The monoisotopic (exact) mass is 360 g/mol. The number of carbonyl (C=O) groups is 1. The summed E-state index contributed by atoms with van der Waals surface area (Å²) in [6.45, 7) is 4.29. The summed E-state index contributed by atoms with van der Waals surface area (Å²) < 4.78 is 0.957. The molecule has 1 amide bonds. The summed E-state index contributed by atoms with van der Waals surface area (Å²) in [6, 6.07) is 16.0. The van der Waals surface area contributed by atoms with E-state index in [0.29, 0.717) is 12.5 Å². The molecule has 2 aromatic carbocycles. The van der Waals surface area contributed by atoms with Crippen LogP contribution in [-0.2, 0) is 11.2 Å². The highest BCUT2D eigenvalue weighted by molar-refractivity contribution is 9.10. The van der Waals surface area contributed by atoms with E-state index in [9.17, 15) is 4.79 Å². The second-order valence-electron chi connectivity index (χ2n) is 5.35. The molecule has 0 bridgehead atoms. The van der Waals surface area contributed by atoms with Crippen LogP contribution in [0.1, 0.15) is 25.8 Å². The molecule has 0 radical (unpaired) electrons. The topological polar surface area (TPSA) is 41.1 Å². The summed E-state index contributed by atoms with van der Waals surface area (Å²) >= 11 is 3.46. The smallest absolute Gasteiger partial charge is 0.228 e. The summed E-state index contributed by atoms with van der Waals surface area (Å²) in [7, 11) is 0. The molecule has 0 saturated carbocycles. The summed E-state index contributed by atoms with van der Waals surface area (Å²) in [4.78, 5) is 12.1. The lowest BCUT2D eigenvalue weighted by Crippen LogP contribution is -2.15. The Kier molecular flexibility index (Phi) is 6.01. The summed E-state index contributed by atoms with van der Waals surface area (Å²) in [5.74, 6) is -0.0189. The predicted octanol–water partition coefficient (Wildman–Crippen LogP) is 4.84. The van der Waals surface area contributed by atoms with Crippen LogP contribution in [0.4, 0.5) is 11.4 Å². The molecule has 2 rings (SSSR count). The van der Waals surface area contributed by atoms with Crippen molar-refractivity contribution in [3.05, 3.63) is 58.6 Å². The van der Waals surface area contributed by atoms with Gasteiger partial charge in [-0.2, -0.15) is 0 Å². The Morgan fingerprint density at radius 2 is 1.73 bits per heavy atom. The van der Waals surface area contributed by atoms with E-state index in [4.69, 9.17) is 0 Å². The Balaban J connectivity index is 1.93. The van der Waals surface area contributed by atoms with Gasteiger partial charge in [-0.05, 0) is 49.2 Å². The van der Waals surface area contributed by atoms with Crippen LogP contribution in [0.25, 0.3) is 0 Å². The van der Waals surface area contributed by atoms with Crippen LogP contribution in [0.15, 0.2) is 53.0 Å². The van der Waals surface area contributed by atoms with Crippen molar-refractivity contribution in [1.29, 1.82) is 0 Å². The molecule has 0 aromatic heterocycles. The maximum atomic E-state index is 12.1. The molecule has 1 atom stereocenters. The van der Waals surface area contributed by atoms with Crippen LogP contribution < -0.4 is 10.6 Å². The zero-order valence-electron chi connectivity index (χ0n) is 12.9. The first-order chi connectivity index (χ1) is 10.6. The van der Waals surface area contributed by atoms with Crippen LogP contribution in [0.3, 0.4) is 0 Å². The first-order valence-electron chi connectivity index (χ1n) is 7.48. The number of hydrogen-bond donors (Lipinski definition) is 2. The summed E-state index contributed by atoms with van der Waals surface area (Å²) in [5, 5.41) is 6.33. The number of hydrogen-bond acceptors (Lipinski definition) is 2. The molecule has 116 valence electrons. The van der Waals surface area contributed by atoms with E-state index >= 15 is 0 Å². The van der Waals surface area contributed by atoms with E-state index in [1.165, 1.54) is 0 Å². The largest absolute Gasteiger partial charge is 0.383 e. The third-order valence-corrected chi connectivity index (χ3v) is 4.28. The summed E-state index contributed by atoms with van der Waals surface area (Å²) in [5.41, 5.74) is 2.86. The van der Waals surface area contributed by atoms with Crippen molar-refractivity contribution in [2.75, 3.05) is 10.6 Å². The maximum Gasteiger partial charge on any atom is 0.228 e. The number of carbonyl (C=O) groups excluding carboxylic acids is 1. The zero-order valence-corrected chi connectivity index (χ0v) is 14.5. The molecular weight excluding hydrogens is 340 g/mol. The summed E-state index contributed by atoms with van der Waals surface area (Å²) in [6.07, 6.45) is 1.43. The molecule has 1 unspecified atom stereocenters. The van der Waals surface area contributed by atoms with Gasteiger partial charge in [-0.1, -0.05) is 41.1 Å². The van der Waals surface area contributed by atoms with Crippen molar-refractivity contribution >= 4 is 33.2 Å². The van der Waals surface area contributed by atoms with Crippen molar-refractivity contribution < 1.29 is 4.79 Å². The Bertz CT molecular complexity index is 625. The Morgan fingerprint density at radius 3 is 2.36 bits per heavy atom. The minimum Gasteiger partial charge on any atom is -0.383 e. The molecule has 0 saturated heterocycles. The van der Waals surface area contributed by atoms with Crippen LogP contribution in [0.2, 0.25) is 0 Å². The molecule has 0 aliphatic carbocycles. The standard InChI is InChI=1S/C18H21BrN2O/c1-3-13(2)20-15-8-10-16(11-9-15)21-18(22)12-14-6-4-5-7-17(14)19/h4-11,13,20H,3,12H2,1-2H3,(H,21,22). The Hall–Kier alpha value is -1.81. The molecule has 0 aliphatic rings. The van der Waals surface area contributed by atoms with Gasteiger partial charge in [-0.3, -0.25) is 4.79 Å². The first kappa shape index (κ1) is 16.6. The molecular formula is C18H21BrN2O. The average molecular weight is 361 g/mol. The SMILES string of the molecule is CCC(C)Nc1ccc(NC(=O)Cc2ccccc2Br)cc1. The van der Waals surface area contributed by atoms with Crippen LogP contribution >= 0.6 is 15.9 Å². The second kappa shape index (κ2) is 7.99. The van der Waals surface area contributed by atoms with Gasteiger partial charge in [0.2, 0.25) is 5.91 Å². The van der Waals surface area contributed by atoms with E-state index in [1.54, 1.807) is 0 Å². The van der Waals surface area contributed by atoms with Crippen molar-refractivity contribution in [2.45, 2.75) is 32.7 Å². The van der Waals surface area contributed by atoms with Gasteiger partial charge >= 0.3 is 0 Å². The van der Waals surface area contributed by atoms with Crippen LogP contribution in [0, 0.1) is 0 Å². The quantitative estimate of drug-likeness (QED) is 0.773. The van der Waals surface area contributed by atoms with Crippen LogP contribution in [0.5, 0.6) is 0 Å². The highest BCUT2D eigenvalue weighted by atomic mass is 79.9. The van der Waals surface area contributed by atoms with Crippen molar-refractivity contribution in [1.82, 2.24) is 0 Å². The zero-order chi connectivity index (χ0) is 15.9. The highest BCUT2D eigenvalue weighted by Crippen LogP contribution is 2.18. The fourth-order valence-electron chi connectivity index (χ4n) is 2.06. The number of anilines is 2. The lowest BCUT2D eigenvalue weighted by Gasteiger charge is -2.13. The van der Waals surface area contributed by atoms with E-state index in [1.807, 2.05) is 48.5 Å². The molecule has 2 aromatic rings. The predicted molar refractivity (Wildman–Crippen MR) is 96.3 cm³/mol. The fourth-order valence-corrected chi connectivity index (χ4v) is 2.48. The number of nitrogens with one attached hydrogen (secondary N) is 2. The van der Waals surface area contributed by atoms with Crippen LogP contribution in [-0.4, -0.2) is 11.9 Å². The van der Waals surface area contributed by atoms with Gasteiger partial charge in [0, 0.05) is 21.9 Å². The fraction of sp³-hybridized carbons (Fsp3) is 0.278. The van der Waals surface area contributed by atoms with E-state index in [-0.39, 0.29) is 5.91 Å². The lowest BCUT2D eigenvalue weighted by atomic mass is 10.1. The van der Waals surface area contributed by atoms with Gasteiger partial charge in [-0.15, -0.1) is 0 Å². The third-order valence-electron chi connectivity index (χ3n) is 3.50. The van der Waals surface area contributed by atoms with Gasteiger partial charge in [0.25, 0.3) is 0 Å². The van der Waals surface area contributed by atoms with Gasteiger partial charge in [-0.25, -0.2) is 0 Å². The number of rotatable bonds is 6. The Labute approximate surface area is 140 Å². The van der Waals surface area contributed by atoms with Gasteiger partial charge in [0.15, 0.2) is 0 Å². The molecule has 0 heterocycles. The maximum absolute atomic E-state index is 12.1. The Morgan fingerprint density at radius 1 is 1.09 bits per heavy atom. The van der Waals surface area contributed by atoms with Crippen molar-refractivity contribution in [3.8, 4) is 0 Å². The molecule has 0 fully saturated rings. The molecule has 3 nitrogen and oxygen atoms in total. The van der Waals surface area contributed by atoms with Gasteiger partial charge in [0.05, 0.1) is 6.42 Å². The number of halogens is 1. The lowest BCUT2D eigenvalue weighted by molar-refractivity contribution is -0.115. The van der Waals surface area contributed by atoms with Crippen molar-refractivity contribution in [2.24, 2.45) is 0 Å². The van der Waals surface area contributed by atoms with Crippen molar-refractivity contribution in [3.63, 3.8) is 0 Å². The average Bonchev–Trinajstić information content (AvgIpc) is 2.51. The van der Waals surface area contributed by atoms with Gasteiger partial charge in [0.1, 0.15) is 0 Å². The molecule has 2 N–H and O–H groups in total. The molecule has 0 spiro atoms. The molecule has 4 heteroatoms. The number of amides is 1. The minimum absolute atomic E-state index is 0.0189. The molecule has 22 heavy (non-hydrogen) atoms. The van der Waals surface area contributed by atoms with Gasteiger partial charge < -0.3 is 10.6 Å². The van der Waals surface area contributed by atoms with E-state index < -0.39 is 0 Å². The van der Waals surface area contributed by atoms with E-state index in [0.717, 1.165) is 27.8 Å². The normalized spacial score (nSPS) is 11.8. The highest BCUT2D eigenvalue weighted by Gasteiger charge is 2.07. The molecule has 0 aliphatic heterocycles. The second-order valence-corrected chi connectivity index (χ2v) is 6.20. The van der Waals surface area contributed by atoms with E-state index in [2.05, 4.69) is 40.4 Å².